The molecule has 1 aromatic rings. The lowest BCUT2D eigenvalue weighted by Crippen LogP contribution is -2.37. The Kier molecular flexibility index (Phi) is 10.2. The molecular formula is C16H27Cl2N3O. The molecule has 126 valence electrons. The smallest absolute Gasteiger partial charge is 0.251 e. The van der Waals surface area contributed by atoms with Crippen molar-refractivity contribution in [2.24, 2.45) is 0 Å². The van der Waals surface area contributed by atoms with Crippen molar-refractivity contribution in [3.05, 3.63) is 29.8 Å². The first-order valence-corrected chi connectivity index (χ1v) is 7.51. The number of nitrogens with one attached hydrogen (secondary N) is 2. The van der Waals surface area contributed by atoms with Gasteiger partial charge in [-0.15, -0.1) is 24.8 Å². The van der Waals surface area contributed by atoms with Crippen LogP contribution in [0.1, 0.15) is 36.5 Å². The summed E-state index contributed by atoms with van der Waals surface area (Å²) < 4.78 is 0. The van der Waals surface area contributed by atoms with Crippen LogP contribution in [0.4, 0.5) is 5.69 Å². The van der Waals surface area contributed by atoms with Crippen LogP contribution in [0.2, 0.25) is 0 Å². The van der Waals surface area contributed by atoms with Gasteiger partial charge < -0.3 is 15.5 Å². The molecule has 2 rings (SSSR count). The molecular weight excluding hydrogens is 321 g/mol. The highest BCUT2D eigenvalue weighted by molar-refractivity contribution is 5.94. The van der Waals surface area contributed by atoms with Gasteiger partial charge in [0.2, 0.25) is 0 Å². The second kappa shape index (κ2) is 10.7. The van der Waals surface area contributed by atoms with E-state index in [4.69, 9.17) is 0 Å². The van der Waals surface area contributed by atoms with E-state index in [1.807, 2.05) is 26.1 Å². The number of nitrogens with zero attached hydrogens (tertiary/aromatic N) is 1. The zero-order valence-electron chi connectivity index (χ0n) is 13.3. The summed E-state index contributed by atoms with van der Waals surface area (Å²) in [6, 6.07) is 8.24. The molecule has 1 amide bonds. The molecule has 0 radical (unpaired) electrons. The lowest BCUT2D eigenvalue weighted by Gasteiger charge is -2.28. The van der Waals surface area contributed by atoms with Crippen LogP contribution in [0.25, 0.3) is 0 Å². The predicted octanol–water partition coefficient (Wildman–Crippen LogP) is 2.86. The van der Waals surface area contributed by atoms with E-state index in [9.17, 15) is 4.79 Å². The molecule has 1 aromatic carbocycles. The fourth-order valence-electron chi connectivity index (χ4n) is 2.43. The largest absolute Gasteiger partial charge is 0.372 e. The van der Waals surface area contributed by atoms with Crippen molar-refractivity contribution in [1.29, 1.82) is 0 Å². The van der Waals surface area contributed by atoms with Crippen molar-refractivity contribution in [2.45, 2.75) is 32.2 Å². The molecule has 1 unspecified atom stereocenters. The summed E-state index contributed by atoms with van der Waals surface area (Å²) in [5.74, 6) is -0.00251. The van der Waals surface area contributed by atoms with Crippen LogP contribution in [-0.2, 0) is 0 Å². The molecule has 1 atom stereocenters. The zero-order chi connectivity index (χ0) is 14.4. The fraction of sp³-hybridized carbons (Fsp3) is 0.562. The molecule has 1 aliphatic rings. The van der Waals surface area contributed by atoms with Gasteiger partial charge in [0, 0.05) is 36.9 Å². The summed E-state index contributed by atoms with van der Waals surface area (Å²) >= 11 is 0. The third-order valence-electron chi connectivity index (χ3n) is 3.91. The topological polar surface area (TPSA) is 44.4 Å². The molecule has 4 nitrogen and oxygen atoms in total. The summed E-state index contributed by atoms with van der Waals surface area (Å²) in [6.07, 6.45) is 3.87. The first kappa shape index (κ1) is 21.0. The third-order valence-corrected chi connectivity index (χ3v) is 3.91. The molecule has 6 heteroatoms. The van der Waals surface area contributed by atoms with Gasteiger partial charge in [0.1, 0.15) is 0 Å². The fourth-order valence-corrected chi connectivity index (χ4v) is 2.43. The maximum Gasteiger partial charge on any atom is 0.251 e. The Hall–Kier alpha value is -0.970. The van der Waals surface area contributed by atoms with Gasteiger partial charge in [-0.25, -0.2) is 0 Å². The number of benzene rings is 1. The number of halogens is 2. The van der Waals surface area contributed by atoms with Gasteiger partial charge in [0.05, 0.1) is 0 Å². The van der Waals surface area contributed by atoms with Crippen molar-refractivity contribution < 1.29 is 4.79 Å². The van der Waals surface area contributed by atoms with Crippen LogP contribution >= 0.6 is 24.8 Å². The molecule has 2 N–H and O–H groups in total. The van der Waals surface area contributed by atoms with Crippen LogP contribution in [0.3, 0.4) is 0 Å². The maximum absolute atomic E-state index is 12.0. The summed E-state index contributed by atoms with van der Waals surface area (Å²) in [6.45, 7) is 4.94. The highest BCUT2D eigenvalue weighted by Gasteiger charge is 2.12. The number of carbonyl (C=O) groups excluding carboxylic acids is 1. The van der Waals surface area contributed by atoms with E-state index in [2.05, 4.69) is 27.7 Å². The maximum atomic E-state index is 12.0. The summed E-state index contributed by atoms with van der Waals surface area (Å²) in [5, 5.41) is 6.04. The lowest BCUT2D eigenvalue weighted by atomic mass is 10.1. The number of hydrogen-bond donors (Lipinski definition) is 2. The van der Waals surface area contributed by atoms with Crippen molar-refractivity contribution in [3.8, 4) is 0 Å². The van der Waals surface area contributed by atoms with Crippen molar-refractivity contribution in [3.63, 3.8) is 0 Å². The molecule has 1 heterocycles. The van der Waals surface area contributed by atoms with E-state index in [-0.39, 0.29) is 36.8 Å². The van der Waals surface area contributed by atoms with Crippen LogP contribution in [0.5, 0.6) is 0 Å². The van der Waals surface area contributed by atoms with Crippen LogP contribution in [-0.4, -0.2) is 38.6 Å². The van der Waals surface area contributed by atoms with E-state index in [0.717, 1.165) is 18.7 Å². The quantitative estimate of drug-likeness (QED) is 0.860. The first-order valence-electron chi connectivity index (χ1n) is 7.51. The van der Waals surface area contributed by atoms with Crippen LogP contribution < -0.4 is 15.5 Å². The monoisotopic (exact) mass is 347 g/mol. The van der Waals surface area contributed by atoms with Crippen molar-refractivity contribution >= 4 is 36.4 Å². The molecule has 22 heavy (non-hydrogen) atoms. The summed E-state index contributed by atoms with van der Waals surface area (Å²) in [5.41, 5.74) is 1.96. The Morgan fingerprint density at radius 1 is 1.14 bits per heavy atom. The minimum absolute atomic E-state index is 0. The average Bonchev–Trinajstić information content (AvgIpc) is 2.53. The molecule has 1 saturated heterocycles. The van der Waals surface area contributed by atoms with Gasteiger partial charge in [0.15, 0.2) is 0 Å². The van der Waals surface area contributed by atoms with Crippen LogP contribution in [0, 0.1) is 0 Å². The second-order valence-electron chi connectivity index (χ2n) is 5.49. The van der Waals surface area contributed by atoms with Gasteiger partial charge in [-0.1, -0.05) is 0 Å². The number of amides is 1. The van der Waals surface area contributed by atoms with E-state index in [0.29, 0.717) is 6.54 Å². The molecule has 1 fully saturated rings. The molecule has 0 bridgehead atoms. The minimum Gasteiger partial charge on any atom is -0.372 e. The highest BCUT2D eigenvalue weighted by Crippen LogP contribution is 2.20. The molecule has 0 aromatic heterocycles. The van der Waals surface area contributed by atoms with Gasteiger partial charge in [-0.05, 0) is 57.5 Å². The highest BCUT2D eigenvalue weighted by atomic mass is 35.5. The second-order valence-corrected chi connectivity index (χ2v) is 5.49. The van der Waals surface area contributed by atoms with Gasteiger partial charge in [-0.3, -0.25) is 4.79 Å². The van der Waals surface area contributed by atoms with Gasteiger partial charge in [-0.2, -0.15) is 0 Å². The SMILES string of the molecule is CNC(C)CNC(=O)c1ccc(N2CCCCC2)cc1.Cl.Cl. The minimum atomic E-state index is -0.00251. The number of likely N-dealkylation sites (N-methyl/N-ethyl adjacent to an activating group) is 1. The van der Waals surface area contributed by atoms with E-state index >= 15 is 0 Å². The Morgan fingerprint density at radius 3 is 2.27 bits per heavy atom. The summed E-state index contributed by atoms with van der Waals surface area (Å²) in [7, 11) is 1.89. The molecule has 0 aliphatic carbocycles. The van der Waals surface area contributed by atoms with E-state index < -0.39 is 0 Å². The van der Waals surface area contributed by atoms with E-state index in [1.54, 1.807) is 0 Å². The molecule has 1 aliphatic heterocycles. The average molecular weight is 348 g/mol. The predicted molar refractivity (Wildman–Crippen MR) is 97.9 cm³/mol. The third kappa shape index (κ3) is 6.03. The number of carbonyl (C=O) groups is 1. The first-order chi connectivity index (χ1) is 9.70. The summed E-state index contributed by atoms with van der Waals surface area (Å²) in [4.78, 5) is 14.4. The van der Waals surface area contributed by atoms with Crippen molar-refractivity contribution in [2.75, 3.05) is 31.6 Å². The molecule has 0 spiro atoms. The molecule has 0 saturated carbocycles. The Labute approximate surface area is 145 Å². The Balaban J connectivity index is 0.00000220. The van der Waals surface area contributed by atoms with Crippen LogP contribution in [0.15, 0.2) is 24.3 Å². The van der Waals surface area contributed by atoms with Gasteiger partial charge in [0.25, 0.3) is 5.91 Å². The van der Waals surface area contributed by atoms with E-state index in [1.165, 1.54) is 24.9 Å². The standard InChI is InChI=1S/C16H25N3O.2ClH/c1-13(17-2)12-18-16(20)14-6-8-15(9-7-14)19-10-4-3-5-11-19;;/h6-9,13,17H,3-5,10-12H2,1-2H3,(H,18,20);2*1H. The number of rotatable bonds is 5. The van der Waals surface area contributed by atoms with Crippen molar-refractivity contribution in [1.82, 2.24) is 10.6 Å². The normalized spacial score (nSPS) is 15.3. The number of piperidine rings is 1. The Morgan fingerprint density at radius 2 is 1.73 bits per heavy atom. The van der Waals surface area contributed by atoms with Gasteiger partial charge >= 0.3 is 0 Å². The number of anilines is 1. The zero-order valence-corrected chi connectivity index (χ0v) is 14.9. The number of hydrogen-bond acceptors (Lipinski definition) is 3. The Bertz CT molecular complexity index is 434. The lowest BCUT2D eigenvalue weighted by molar-refractivity contribution is 0.0950.